The van der Waals surface area contributed by atoms with E-state index in [4.69, 9.17) is 0 Å². The number of imidazole rings is 1. The molecule has 0 aliphatic heterocycles. The SMILES string of the molecule is c1cnc(-c2cscc2NCc2cnc[nH]2)cn1. The Morgan fingerprint density at radius 1 is 1.17 bits per heavy atom. The maximum atomic E-state index is 4.31. The monoisotopic (exact) mass is 257 g/mol. The molecule has 3 aromatic heterocycles. The summed E-state index contributed by atoms with van der Waals surface area (Å²) in [5, 5.41) is 7.50. The van der Waals surface area contributed by atoms with Gasteiger partial charge in [-0.3, -0.25) is 9.97 Å². The average Bonchev–Trinajstić information content (AvgIpc) is 3.09. The van der Waals surface area contributed by atoms with Crippen molar-refractivity contribution in [2.75, 3.05) is 5.32 Å². The van der Waals surface area contributed by atoms with Gasteiger partial charge in [-0.15, -0.1) is 11.3 Å². The Labute approximate surface area is 108 Å². The van der Waals surface area contributed by atoms with Crippen LogP contribution >= 0.6 is 11.3 Å². The molecule has 0 bridgehead atoms. The second-order valence-electron chi connectivity index (χ2n) is 3.72. The van der Waals surface area contributed by atoms with Crippen LogP contribution in [0.1, 0.15) is 5.69 Å². The van der Waals surface area contributed by atoms with Crippen LogP contribution in [0, 0.1) is 0 Å². The molecule has 3 aromatic rings. The Kier molecular flexibility index (Phi) is 3.01. The first-order chi connectivity index (χ1) is 8.93. The van der Waals surface area contributed by atoms with Crippen LogP contribution in [0.25, 0.3) is 11.3 Å². The third kappa shape index (κ3) is 2.23. The lowest BCUT2D eigenvalue weighted by Gasteiger charge is -2.05. The molecule has 2 N–H and O–H groups in total. The van der Waals surface area contributed by atoms with Gasteiger partial charge in [-0.2, -0.15) is 0 Å². The van der Waals surface area contributed by atoms with E-state index in [1.165, 1.54) is 0 Å². The van der Waals surface area contributed by atoms with Gasteiger partial charge in [0, 0.05) is 34.9 Å². The molecule has 0 radical (unpaired) electrons. The van der Waals surface area contributed by atoms with Gasteiger partial charge >= 0.3 is 0 Å². The van der Waals surface area contributed by atoms with E-state index in [1.807, 2.05) is 0 Å². The van der Waals surface area contributed by atoms with Crippen molar-refractivity contribution in [3.63, 3.8) is 0 Å². The van der Waals surface area contributed by atoms with E-state index in [0.717, 1.165) is 22.6 Å². The van der Waals surface area contributed by atoms with Crippen LogP contribution < -0.4 is 5.32 Å². The van der Waals surface area contributed by atoms with Gasteiger partial charge < -0.3 is 10.3 Å². The Morgan fingerprint density at radius 2 is 2.17 bits per heavy atom. The molecule has 6 heteroatoms. The van der Waals surface area contributed by atoms with Crippen LogP contribution in [0.4, 0.5) is 5.69 Å². The first kappa shape index (κ1) is 10.9. The number of hydrogen-bond donors (Lipinski definition) is 2. The summed E-state index contributed by atoms with van der Waals surface area (Å²) in [6.07, 6.45) is 8.62. The van der Waals surface area contributed by atoms with E-state index in [0.29, 0.717) is 6.54 Å². The molecule has 0 aliphatic rings. The molecule has 5 nitrogen and oxygen atoms in total. The van der Waals surface area contributed by atoms with Gasteiger partial charge in [-0.05, 0) is 0 Å². The molecule has 0 aromatic carbocycles. The summed E-state index contributed by atoms with van der Waals surface area (Å²) in [7, 11) is 0. The van der Waals surface area contributed by atoms with Crippen molar-refractivity contribution in [3.8, 4) is 11.3 Å². The smallest absolute Gasteiger partial charge is 0.0922 e. The van der Waals surface area contributed by atoms with Crippen molar-refractivity contribution in [1.82, 2.24) is 19.9 Å². The quantitative estimate of drug-likeness (QED) is 0.753. The number of H-pyrrole nitrogens is 1. The minimum Gasteiger partial charge on any atom is -0.378 e. The minimum atomic E-state index is 0.712. The molecule has 0 aliphatic carbocycles. The van der Waals surface area contributed by atoms with Gasteiger partial charge in [0.25, 0.3) is 0 Å². The first-order valence-electron chi connectivity index (χ1n) is 5.47. The van der Waals surface area contributed by atoms with E-state index in [9.17, 15) is 0 Å². The van der Waals surface area contributed by atoms with Crippen LogP contribution in [0.5, 0.6) is 0 Å². The average molecular weight is 257 g/mol. The molecular weight excluding hydrogens is 246 g/mol. The van der Waals surface area contributed by atoms with Gasteiger partial charge in [0.15, 0.2) is 0 Å². The molecular formula is C12H11N5S. The highest BCUT2D eigenvalue weighted by atomic mass is 32.1. The summed E-state index contributed by atoms with van der Waals surface area (Å²) in [6, 6.07) is 0. The Balaban J connectivity index is 1.80. The van der Waals surface area contributed by atoms with E-state index in [-0.39, 0.29) is 0 Å². The summed E-state index contributed by atoms with van der Waals surface area (Å²) in [4.78, 5) is 15.4. The molecule has 0 amide bonds. The number of rotatable bonds is 4. The van der Waals surface area contributed by atoms with E-state index in [1.54, 1.807) is 42.5 Å². The number of aromatic nitrogens is 4. The number of anilines is 1. The molecule has 90 valence electrons. The fourth-order valence-corrected chi connectivity index (χ4v) is 2.44. The summed E-state index contributed by atoms with van der Waals surface area (Å²) in [6.45, 7) is 0.712. The molecule has 18 heavy (non-hydrogen) atoms. The van der Waals surface area contributed by atoms with Crippen LogP contribution in [-0.2, 0) is 6.54 Å². The number of thiophene rings is 1. The molecule has 0 spiro atoms. The van der Waals surface area contributed by atoms with Crippen molar-refractivity contribution < 1.29 is 0 Å². The maximum absolute atomic E-state index is 4.31. The molecule has 3 rings (SSSR count). The third-order valence-electron chi connectivity index (χ3n) is 2.53. The highest BCUT2D eigenvalue weighted by molar-refractivity contribution is 7.08. The van der Waals surface area contributed by atoms with Crippen LogP contribution in [0.15, 0.2) is 41.9 Å². The Hall–Kier alpha value is -2.21. The van der Waals surface area contributed by atoms with Gasteiger partial charge in [0.1, 0.15) is 0 Å². The number of nitrogens with one attached hydrogen (secondary N) is 2. The molecule has 0 saturated carbocycles. The van der Waals surface area contributed by atoms with Gasteiger partial charge in [0.05, 0.1) is 36.1 Å². The van der Waals surface area contributed by atoms with Crippen molar-refractivity contribution in [2.24, 2.45) is 0 Å². The largest absolute Gasteiger partial charge is 0.378 e. The highest BCUT2D eigenvalue weighted by Gasteiger charge is 2.07. The van der Waals surface area contributed by atoms with Gasteiger partial charge in [0.2, 0.25) is 0 Å². The second-order valence-corrected chi connectivity index (χ2v) is 4.46. The lowest BCUT2D eigenvalue weighted by molar-refractivity contribution is 1.08. The highest BCUT2D eigenvalue weighted by Crippen LogP contribution is 2.30. The Morgan fingerprint density at radius 3 is 2.94 bits per heavy atom. The lowest BCUT2D eigenvalue weighted by atomic mass is 10.2. The minimum absolute atomic E-state index is 0.712. The first-order valence-corrected chi connectivity index (χ1v) is 6.41. The van der Waals surface area contributed by atoms with Crippen molar-refractivity contribution >= 4 is 17.0 Å². The molecule has 0 atom stereocenters. The van der Waals surface area contributed by atoms with E-state index in [2.05, 4.69) is 36.0 Å². The van der Waals surface area contributed by atoms with E-state index < -0.39 is 0 Å². The van der Waals surface area contributed by atoms with Crippen LogP contribution in [0.2, 0.25) is 0 Å². The molecule has 3 heterocycles. The number of hydrogen-bond acceptors (Lipinski definition) is 5. The van der Waals surface area contributed by atoms with Crippen LogP contribution in [-0.4, -0.2) is 19.9 Å². The standard InChI is InChI=1S/C12H11N5S/c1-2-15-11(5-13-1)10-6-18-7-12(10)16-4-9-3-14-8-17-9/h1-3,5-8,16H,4H2,(H,14,17). The van der Waals surface area contributed by atoms with Crippen molar-refractivity contribution in [2.45, 2.75) is 6.54 Å². The zero-order chi connectivity index (χ0) is 12.2. The predicted molar refractivity (Wildman–Crippen MR) is 71.3 cm³/mol. The van der Waals surface area contributed by atoms with Gasteiger partial charge in [-0.1, -0.05) is 0 Å². The van der Waals surface area contributed by atoms with Gasteiger partial charge in [-0.25, -0.2) is 4.98 Å². The summed E-state index contributed by atoms with van der Waals surface area (Å²) in [5.41, 5.74) is 4.07. The maximum Gasteiger partial charge on any atom is 0.0922 e. The molecule has 0 unspecified atom stereocenters. The number of nitrogens with zero attached hydrogens (tertiary/aromatic N) is 3. The zero-order valence-corrected chi connectivity index (χ0v) is 10.3. The summed E-state index contributed by atoms with van der Waals surface area (Å²) in [5.74, 6) is 0. The topological polar surface area (TPSA) is 66.5 Å². The Bertz CT molecular complexity index is 602. The van der Waals surface area contributed by atoms with Crippen LogP contribution in [0.3, 0.4) is 0 Å². The summed E-state index contributed by atoms with van der Waals surface area (Å²) >= 11 is 1.64. The normalized spacial score (nSPS) is 10.4. The second kappa shape index (κ2) is 4.97. The van der Waals surface area contributed by atoms with Crippen molar-refractivity contribution in [1.29, 1.82) is 0 Å². The zero-order valence-electron chi connectivity index (χ0n) is 9.50. The fraction of sp³-hybridized carbons (Fsp3) is 0.0833. The third-order valence-corrected chi connectivity index (χ3v) is 3.27. The molecule has 0 saturated heterocycles. The summed E-state index contributed by atoms with van der Waals surface area (Å²) < 4.78 is 0. The van der Waals surface area contributed by atoms with Crippen molar-refractivity contribution in [3.05, 3.63) is 47.6 Å². The lowest BCUT2D eigenvalue weighted by Crippen LogP contribution is -1.99. The fourth-order valence-electron chi connectivity index (χ4n) is 1.64. The molecule has 0 fully saturated rings. The number of aromatic amines is 1. The van der Waals surface area contributed by atoms with E-state index >= 15 is 0 Å². The predicted octanol–water partition coefficient (Wildman–Crippen LogP) is 2.54.